The molecule has 0 bridgehead atoms. The van der Waals surface area contributed by atoms with Gasteiger partial charge in [0.2, 0.25) is 11.8 Å². The smallest absolute Gasteiger partial charge is 0.475 e. The van der Waals surface area contributed by atoms with E-state index in [0.717, 1.165) is 61.4 Å². The highest BCUT2D eigenvalue weighted by Crippen LogP contribution is 2.37. The van der Waals surface area contributed by atoms with E-state index in [1.165, 1.54) is 0 Å². The molecular formula is C33H40F5N3O4. The number of aryl methyl sites for hydroxylation is 2. The molecule has 5 rings (SSSR count). The molecule has 12 heteroatoms. The minimum absolute atomic E-state index is 0.103. The summed E-state index contributed by atoms with van der Waals surface area (Å²) in [5.41, 5.74) is 3.95. The molecule has 2 aromatic rings. The number of aliphatic carboxylic acids is 1. The highest BCUT2D eigenvalue weighted by atomic mass is 19.4. The number of hydrogen-bond acceptors (Lipinski definition) is 4. The van der Waals surface area contributed by atoms with Gasteiger partial charge in [-0.3, -0.25) is 9.59 Å². The lowest BCUT2D eigenvalue weighted by Crippen LogP contribution is -2.39. The molecule has 2 unspecified atom stereocenters. The van der Waals surface area contributed by atoms with Crippen molar-refractivity contribution < 1.29 is 41.4 Å². The summed E-state index contributed by atoms with van der Waals surface area (Å²) in [6.45, 7) is 8.34. The molecule has 246 valence electrons. The SMILES string of the molecule is Cc1cccc(C)c1C(=O)N1CC2CN(CCC(NC(=O)C3CCC(F)(F)CC3)c3ccccc3)C[C@H]2C1.O=C(O)C(F)(F)F. The molecule has 7 nitrogen and oxygen atoms in total. The van der Waals surface area contributed by atoms with E-state index in [9.17, 15) is 31.5 Å². The Morgan fingerprint density at radius 1 is 0.911 bits per heavy atom. The zero-order chi connectivity index (χ0) is 32.9. The van der Waals surface area contributed by atoms with Gasteiger partial charge < -0.3 is 20.2 Å². The monoisotopic (exact) mass is 637 g/mol. The van der Waals surface area contributed by atoms with Crippen LogP contribution in [0.5, 0.6) is 0 Å². The Morgan fingerprint density at radius 2 is 1.44 bits per heavy atom. The quantitative estimate of drug-likeness (QED) is 0.363. The van der Waals surface area contributed by atoms with Crippen molar-refractivity contribution in [2.75, 3.05) is 32.7 Å². The van der Waals surface area contributed by atoms with Gasteiger partial charge in [-0.05, 0) is 61.6 Å². The molecule has 3 atom stereocenters. The Bertz CT molecular complexity index is 1310. The predicted molar refractivity (Wildman–Crippen MR) is 158 cm³/mol. The molecule has 2 saturated heterocycles. The average Bonchev–Trinajstić information content (AvgIpc) is 3.54. The van der Waals surface area contributed by atoms with Crippen LogP contribution < -0.4 is 5.32 Å². The number of nitrogens with zero attached hydrogens (tertiary/aromatic N) is 2. The second-order valence-corrected chi connectivity index (χ2v) is 12.5. The number of amides is 2. The molecule has 2 heterocycles. The molecule has 3 aliphatic rings. The van der Waals surface area contributed by atoms with Crippen molar-refractivity contribution in [2.24, 2.45) is 17.8 Å². The number of nitrogens with one attached hydrogen (secondary N) is 1. The summed E-state index contributed by atoms with van der Waals surface area (Å²) in [6.07, 6.45) is -4.25. The van der Waals surface area contributed by atoms with Crippen LogP contribution in [0.2, 0.25) is 0 Å². The van der Waals surface area contributed by atoms with Crippen molar-refractivity contribution in [1.82, 2.24) is 15.1 Å². The third-order valence-corrected chi connectivity index (χ3v) is 9.13. The van der Waals surface area contributed by atoms with Crippen LogP contribution in [-0.2, 0) is 9.59 Å². The first-order valence-corrected chi connectivity index (χ1v) is 15.3. The molecule has 1 saturated carbocycles. The van der Waals surface area contributed by atoms with Gasteiger partial charge in [-0.2, -0.15) is 13.2 Å². The highest BCUT2D eigenvalue weighted by molar-refractivity contribution is 5.97. The maximum Gasteiger partial charge on any atom is 0.490 e. The highest BCUT2D eigenvalue weighted by Gasteiger charge is 2.42. The molecular weight excluding hydrogens is 597 g/mol. The summed E-state index contributed by atoms with van der Waals surface area (Å²) in [7, 11) is 0. The van der Waals surface area contributed by atoms with Crippen molar-refractivity contribution in [3.8, 4) is 0 Å². The number of rotatable bonds is 7. The lowest BCUT2D eigenvalue weighted by atomic mass is 9.86. The van der Waals surface area contributed by atoms with Gasteiger partial charge in [0.05, 0.1) is 6.04 Å². The van der Waals surface area contributed by atoms with Crippen molar-refractivity contribution in [3.05, 3.63) is 70.8 Å². The van der Waals surface area contributed by atoms with Crippen molar-refractivity contribution in [2.45, 2.75) is 64.1 Å². The van der Waals surface area contributed by atoms with Crippen LogP contribution in [0.4, 0.5) is 22.0 Å². The van der Waals surface area contributed by atoms with Crippen LogP contribution in [0.3, 0.4) is 0 Å². The third-order valence-electron chi connectivity index (χ3n) is 9.13. The van der Waals surface area contributed by atoms with E-state index in [0.29, 0.717) is 11.8 Å². The number of carboxylic acids is 1. The van der Waals surface area contributed by atoms with E-state index >= 15 is 0 Å². The van der Waals surface area contributed by atoms with E-state index in [1.807, 2.05) is 67.3 Å². The Labute approximate surface area is 259 Å². The van der Waals surface area contributed by atoms with E-state index in [-0.39, 0.29) is 49.5 Å². The fourth-order valence-corrected chi connectivity index (χ4v) is 6.66. The second kappa shape index (κ2) is 14.3. The van der Waals surface area contributed by atoms with E-state index in [2.05, 4.69) is 10.2 Å². The van der Waals surface area contributed by atoms with Gasteiger partial charge in [-0.1, -0.05) is 48.5 Å². The zero-order valence-electron chi connectivity index (χ0n) is 25.5. The standard InChI is InChI=1S/C31H39F2N3O2.C2HF3O2/c1-21-7-6-8-22(2)28(21)30(38)36-19-25-17-35(18-26(25)20-36)16-13-27(23-9-4-3-5-10-23)34-29(37)24-11-14-31(32,33)15-12-24;3-2(4,5)1(6)7/h3-10,24-27H,11-20H2,1-2H3,(H,34,37);(H,6,7)/t25-,26?,27?;/m0./s1. The lowest BCUT2D eigenvalue weighted by Gasteiger charge is -2.30. The number of likely N-dealkylation sites (tertiary alicyclic amines) is 2. The van der Waals surface area contributed by atoms with Crippen molar-refractivity contribution >= 4 is 17.8 Å². The minimum atomic E-state index is -5.08. The summed E-state index contributed by atoms with van der Waals surface area (Å²) in [4.78, 5) is 39.7. The van der Waals surface area contributed by atoms with E-state index in [4.69, 9.17) is 9.90 Å². The van der Waals surface area contributed by atoms with Crippen molar-refractivity contribution in [3.63, 3.8) is 0 Å². The number of hydrogen-bond donors (Lipinski definition) is 2. The first-order valence-electron chi connectivity index (χ1n) is 15.3. The molecule has 3 fully saturated rings. The van der Waals surface area contributed by atoms with Gasteiger partial charge in [0.1, 0.15) is 0 Å². The maximum absolute atomic E-state index is 13.6. The topological polar surface area (TPSA) is 90.0 Å². The number of halogens is 5. The van der Waals surface area contributed by atoms with Crippen LogP contribution in [0, 0.1) is 31.6 Å². The zero-order valence-corrected chi connectivity index (χ0v) is 25.5. The van der Waals surface area contributed by atoms with E-state index < -0.39 is 18.1 Å². The fraction of sp³-hybridized carbons (Fsp3) is 0.545. The molecule has 1 aliphatic carbocycles. The summed E-state index contributed by atoms with van der Waals surface area (Å²) in [5.74, 6) is -4.75. The average molecular weight is 638 g/mol. The molecule has 2 amide bonds. The van der Waals surface area contributed by atoms with Crippen LogP contribution >= 0.6 is 0 Å². The predicted octanol–water partition coefficient (Wildman–Crippen LogP) is 6.01. The summed E-state index contributed by atoms with van der Waals surface area (Å²) >= 11 is 0. The first kappa shape index (κ1) is 34.3. The summed E-state index contributed by atoms with van der Waals surface area (Å²) in [5, 5.41) is 10.3. The Balaban J connectivity index is 0.000000591. The third kappa shape index (κ3) is 9.02. The Kier molecular flexibility index (Phi) is 10.9. The number of carboxylic acid groups (broad SMARTS) is 1. The fourth-order valence-electron chi connectivity index (χ4n) is 6.66. The number of fused-ring (bicyclic) bond motifs is 1. The molecule has 2 N–H and O–H groups in total. The Morgan fingerprint density at radius 3 is 1.96 bits per heavy atom. The van der Waals surface area contributed by atoms with Crippen LogP contribution in [0.1, 0.15) is 65.2 Å². The minimum Gasteiger partial charge on any atom is -0.475 e. The van der Waals surface area contributed by atoms with Gasteiger partial charge in [0, 0.05) is 57.0 Å². The van der Waals surface area contributed by atoms with Crippen molar-refractivity contribution in [1.29, 1.82) is 0 Å². The number of benzene rings is 2. The van der Waals surface area contributed by atoms with Gasteiger partial charge >= 0.3 is 12.1 Å². The number of carbonyl (C=O) groups is 3. The summed E-state index contributed by atoms with van der Waals surface area (Å²) < 4.78 is 58.9. The lowest BCUT2D eigenvalue weighted by molar-refractivity contribution is -0.192. The molecule has 0 spiro atoms. The molecule has 0 aromatic heterocycles. The van der Waals surface area contributed by atoms with Gasteiger partial charge in [-0.25, -0.2) is 13.6 Å². The van der Waals surface area contributed by atoms with Crippen LogP contribution in [-0.4, -0.2) is 77.5 Å². The van der Waals surface area contributed by atoms with Gasteiger partial charge in [0.15, 0.2) is 0 Å². The molecule has 0 radical (unpaired) electrons. The van der Waals surface area contributed by atoms with Gasteiger partial charge in [-0.15, -0.1) is 0 Å². The number of alkyl halides is 5. The molecule has 2 aliphatic heterocycles. The van der Waals surface area contributed by atoms with Crippen LogP contribution in [0.25, 0.3) is 0 Å². The largest absolute Gasteiger partial charge is 0.490 e. The maximum atomic E-state index is 13.6. The van der Waals surface area contributed by atoms with E-state index in [1.54, 1.807) is 0 Å². The molecule has 2 aromatic carbocycles. The normalized spacial score (nSPS) is 22.2. The second-order valence-electron chi connectivity index (χ2n) is 12.5. The molecule has 45 heavy (non-hydrogen) atoms. The van der Waals surface area contributed by atoms with Crippen LogP contribution in [0.15, 0.2) is 48.5 Å². The van der Waals surface area contributed by atoms with Gasteiger partial charge in [0.25, 0.3) is 5.91 Å². The number of carbonyl (C=O) groups excluding carboxylic acids is 2. The summed E-state index contributed by atoms with van der Waals surface area (Å²) in [6, 6.07) is 15.8. The Hall–Kier alpha value is -3.54. The first-order chi connectivity index (χ1) is 21.1.